The van der Waals surface area contributed by atoms with E-state index in [9.17, 15) is 9.59 Å². The summed E-state index contributed by atoms with van der Waals surface area (Å²) in [6, 6.07) is 15.9. The van der Waals surface area contributed by atoms with Gasteiger partial charge in [-0.05, 0) is 41.0 Å². The number of imidazole rings is 1. The van der Waals surface area contributed by atoms with Crippen molar-refractivity contribution < 1.29 is 4.79 Å². The van der Waals surface area contributed by atoms with Crippen LogP contribution in [0.25, 0.3) is 16.8 Å². The zero-order chi connectivity index (χ0) is 23.2. The van der Waals surface area contributed by atoms with Crippen molar-refractivity contribution in [1.29, 1.82) is 0 Å². The first-order chi connectivity index (χ1) is 16.1. The standard InChI is InChI=1S/C25H26N6O2/c1-3-5-9-21-17-30(24(32)8-4-2)25(33)29(21)16-19-12-14-20(15-13-19)22-10-6-7-11-23(22)31-18-26-27-28-31/h3,5-7,10-15,17-18H,4,8-9,16H2,1-2H3. The molecule has 4 aromatic rings. The molecule has 33 heavy (non-hydrogen) atoms. The highest BCUT2D eigenvalue weighted by atomic mass is 16.2. The summed E-state index contributed by atoms with van der Waals surface area (Å²) < 4.78 is 4.56. The molecule has 4 rings (SSSR count). The Kier molecular flexibility index (Phi) is 6.73. The average Bonchev–Trinajstić information content (AvgIpc) is 3.48. The minimum Gasteiger partial charge on any atom is -0.291 e. The summed E-state index contributed by atoms with van der Waals surface area (Å²) in [6.07, 6.45) is 8.81. The van der Waals surface area contributed by atoms with Crippen LogP contribution < -0.4 is 5.69 Å². The van der Waals surface area contributed by atoms with E-state index in [-0.39, 0.29) is 11.6 Å². The lowest BCUT2D eigenvalue weighted by atomic mass is 10.0. The number of tetrazole rings is 1. The largest absolute Gasteiger partial charge is 0.335 e. The number of benzene rings is 2. The van der Waals surface area contributed by atoms with E-state index in [1.807, 2.05) is 74.5 Å². The average molecular weight is 443 g/mol. The van der Waals surface area contributed by atoms with Crippen molar-refractivity contribution in [2.75, 3.05) is 0 Å². The van der Waals surface area contributed by atoms with Gasteiger partial charge in [0.25, 0.3) is 0 Å². The van der Waals surface area contributed by atoms with Crippen LogP contribution in [-0.2, 0) is 13.0 Å². The van der Waals surface area contributed by atoms with Crippen LogP contribution in [0.3, 0.4) is 0 Å². The first-order valence-electron chi connectivity index (χ1n) is 11.0. The Morgan fingerprint density at radius 1 is 1.09 bits per heavy atom. The maximum Gasteiger partial charge on any atom is 0.335 e. The summed E-state index contributed by atoms with van der Waals surface area (Å²) in [5.74, 6) is -0.169. The van der Waals surface area contributed by atoms with Crippen molar-refractivity contribution in [2.45, 2.75) is 39.7 Å². The molecule has 0 radical (unpaired) electrons. The van der Waals surface area contributed by atoms with Crippen LogP contribution in [0.15, 0.2) is 78.0 Å². The number of allylic oxidation sites excluding steroid dienone is 2. The first kappa shape index (κ1) is 22.1. The van der Waals surface area contributed by atoms with E-state index in [0.717, 1.165) is 28.1 Å². The summed E-state index contributed by atoms with van der Waals surface area (Å²) in [4.78, 5) is 25.4. The molecule has 2 aromatic carbocycles. The number of rotatable bonds is 8. The van der Waals surface area contributed by atoms with Crippen molar-refractivity contribution in [3.05, 3.63) is 94.9 Å². The Bertz CT molecular complexity index is 1310. The Balaban J connectivity index is 1.64. The zero-order valence-electron chi connectivity index (χ0n) is 18.8. The second kappa shape index (κ2) is 10.0. The molecule has 0 aliphatic carbocycles. The maximum absolute atomic E-state index is 13.0. The Morgan fingerprint density at radius 2 is 1.88 bits per heavy atom. The van der Waals surface area contributed by atoms with Crippen LogP contribution in [0.4, 0.5) is 0 Å². The van der Waals surface area contributed by atoms with Crippen molar-refractivity contribution in [2.24, 2.45) is 0 Å². The molecular formula is C25H26N6O2. The molecule has 0 bridgehead atoms. The molecule has 0 aliphatic rings. The van der Waals surface area contributed by atoms with Gasteiger partial charge in [-0.2, -0.15) is 4.68 Å². The fourth-order valence-electron chi connectivity index (χ4n) is 3.77. The second-order valence-corrected chi connectivity index (χ2v) is 7.74. The summed E-state index contributed by atoms with van der Waals surface area (Å²) in [6.45, 7) is 4.26. The SMILES string of the molecule is CC=CCc1cn(C(=O)CCC)c(=O)n1Cc1ccc(-c2ccccc2-n2cnnn2)cc1. The third kappa shape index (κ3) is 4.74. The van der Waals surface area contributed by atoms with Crippen LogP contribution in [0.2, 0.25) is 0 Å². The molecule has 0 saturated carbocycles. The van der Waals surface area contributed by atoms with Gasteiger partial charge in [-0.25, -0.2) is 9.36 Å². The van der Waals surface area contributed by atoms with E-state index in [0.29, 0.717) is 25.8 Å². The first-order valence-corrected chi connectivity index (χ1v) is 11.0. The number of nitrogens with zero attached hydrogens (tertiary/aromatic N) is 6. The molecule has 0 unspecified atom stereocenters. The molecular weight excluding hydrogens is 416 g/mol. The van der Waals surface area contributed by atoms with Crippen LogP contribution in [-0.4, -0.2) is 35.2 Å². The highest BCUT2D eigenvalue weighted by Gasteiger charge is 2.16. The normalized spacial score (nSPS) is 11.3. The number of aromatic nitrogens is 6. The molecule has 0 fully saturated rings. The summed E-state index contributed by atoms with van der Waals surface area (Å²) in [5, 5.41) is 11.5. The lowest BCUT2D eigenvalue weighted by Crippen LogP contribution is -2.29. The van der Waals surface area contributed by atoms with Gasteiger partial charge in [0.05, 0.1) is 12.2 Å². The van der Waals surface area contributed by atoms with E-state index in [2.05, 4.69) is 15.5 Å². The van der Waals surface area contributed by atoms with Gasteiger partial charge in [0.2, 0.25) is 5.91 Å². The molecule has 2 aromatic heterocycles. The number of carbonyl (C=O) groups excluding carboxylic acids is 1. The summed E-state index contributed by atoms with van der Waals surface area (Å²) in [7, 11) is 0. The van der Waals surface area contributed by atoms with Crippen molar-refractivity contribution in [1.82, 2.24) is 29.3 Å². The molecule has 0 atom stereocenters. The highest BCUT2D eigenvalue weighted by Crippen LogP contribution is 2.26. The molecule has 0 amide bonds. The minimum absolute atomic E-state index is 0.169. The molecule has 8 nitrogen and oxygen atoms in total. The molecule has 168 valence electrons. The van der Waals surface area contributed by atoms with Crippen molar-refractivity contribution >= 4 is 5.91 Å². The lowest BCUT2D eigenvalue weighted by Gasteiger charge is -2.10. The van der Waals surface area contributed by atoms with Gasteiger partial charge in [0, 0.05) is 30.3 Å². The van der Waals surface area contributed by atoms with E-state index in [4.69, 9.17) is 0 Å². The molecule has 0 spiro atoms. The van der Waals surface area contributed by atoms with Gasteiger partial charge in [0.15, 0.2) is 0 Å². The minimum atomic E-state index is -0.291. The summed E-state index contributed by atoms with van der Waals surface area (Å²) in [5.41, 5.74) is 4.40. The van der Waals surface area contributed by atoms with Crippen LogP contribution in [0.1, 0.15) is 42.7 Å². The van der Waals surface area contributed by atoms with Gasteiger partial charge in [-0.15, -0.1) is 5.10 Å². The van der Waals surface area contributed by atoms with Crippen LogP contribution >= 0.6 is 0 Å². The third-order valence-electron chi connectivity index (χ3n) is 5.46. The number of para-hydroxylation sites is 1. The van der Waals surface area contributed by atoms with Crippen molar-refractivity contribution in [3.8, 4) is 16.8 Å². The molecule has 0 N–H and O–H groups in total. The predicted octanol–water partition coefficient (Wildman–Crippen LogP) is 3.90. The Morgan fingerprint density at radius 3 is 2.58 bits per heavy atom. The van der Waals surface area contributed by atoms with Crippen LogP contribution in [0.5, 0.6) is 0 Å². The smallest absolute Gasteiger partial charge is 0.291 e. The Hall–Kier alpha value is -4.07. The van der Waals surface area contributed by atoms with E-state index in [1.54, 1.807) is 21.8 Å². The van der Waals surface area contributed by atoms with E-state index < -0.39 is 0 Å². The monoisotopic (exact) mass is 442 g/mol. The maximum atomic E-state index is 13.0. The second-order valence-electron chi connectivity index (χ2n) is 7.74. The van der Waals surface area contributed by atoms with Gasteiger partial charge in [0.1, 0.15) is 6.33 Å². The highest BCUT2D eigenvalue weighted by molar-refractivity contribution is 5.78. The van der Waals surface area contributed by atoms with Gasteiger partial charge in [-0.1, -0.05) is 61.5 Å². The Labute approximate surface area is 191 Å². The quantitative estimate of drug-likeness (QED) is 0.386. The van der Waals surface area contributed by atoms with E-state index in [1.165, 1.54) is 4.57 Å². The topological polar surface area (TPSA) is 87.6 Å². The van der Waals surface area contributed by atoms with Gasteiger partial charge in [-0.3, -0.25) is 9.36 Å². The molecule has 0 saturated heterocycles. The van der Waals surface area contributed by atoms with Crippen molar-refractivity contribution in [3.63, 3.8) is 0 Å². The fourth-order valence-corrected chi connectivity index (χ4v) is 3.77. The molecule has 2 heterocycles. The van der Waals surface area contributed by atoms with Gasteiger partial charge < -0.3 is 0 Å². The predicted molar refractivity (Wildman–Crippen MR) is 126 cm³/mol. The van der Waals surface area contributed by atoms with Crippen LogP contribution in [0, 0.1) is 0 Å². The van der Waals surface area contributed by atoms with Gasteiger partial charge >= 0.3 is 5.69 Å². The third-order valence-corrected chi connectivity index (χ3v) is 5.46. The zero-order valence-corrected chi connectivity index (χ0v) is 18.8. The lowest BCUT2D eigenvalue weighted by molar-refractivity contribution is 0.0897. The number of hydrogen-bond acceptors (Lipinski definition) is 5. The number of carbonyl (C=O) groups is 1. The number of hydrogen-bond donors (Lipinski definition) is 0. The fraction of sp³-hybridized carbons (Fsp3) is 0.240. The van der Waals surface area contributed by atoms with E-state index >= 15 is 0 Å². The molecule has 0 aliphatic heterocycles. The molecule has 8 heteroatoms. The summed E-state index contributed by atoms with van der Waals surface area (Å²) >= 11 is 0.